The number of rotatable bonds is 3. The second kappa shape index (κ2) is 5.29. The highest BCUT2D eigenvalue weighted by molar-refractivity contribution is 5.97. The summed E-state index contributed by atoms with van der Waals surface area (Å²) in [5, 5.41) is 2.85. The van der Waals surface area contributed by atoms with Crippen LogP contribution < -0.4 is 5.32 Å². The fourth-order valence-corrected chi connectivity index (χ4v) is 2.53. The molecule has 1 fully saturated rings. The van der Waals surface area contributed by atoms with Crippen molar-refractivity contribution in [1.82, 2.24) is 10.2 Å². The molecule has 0 aromatic carbocycles. The molecule has 0 saturated carbocycles. The van der Waals surface area contributed by atoms with Crippen LogP contribution in [-0.2, 0) is 9.59 Å². The largest absolute Gasteiger partial charge is 0.342 e. The van der Waals surface area contributed by atoms with Gasteiger partial charge in [-0.05, 0) is 25.7 Å². The number of carbonyl (C=O) groups excluding carboxylic acids is 2. The molecular weight excluding hydrogens is 228 g/mol. The molecule has 4 nitrogen and oxygen atoms in total. The number of nitrogens with zero attached hydrogens (tertiary/aromatic N) is 1. The zero-order chi connectivity index (χ0) is 14.1. The average molecular weight is 254 g/mol. The van der Waals surface area contributed by atoms with Gasteiger partial charge in [0.25, 0.3) is 0 Å². The van der Waals surface area contributed by atoms with Crippen LogP contribution in [0.25, 0.3) is 0 Å². The van der Waals surface area contributed by atoms with Gasteiger partial charge in [0.15, 0.2) is 0 Å². The number of amides is 2. The summed E-state index contributed by atoms with van der Waals surface area (Å²) in [6.45, 7) is 11.9. The molecule has 2 amide bonds. The molecule has 0 spiro atoms. The van der Waals surface area contributed by atoms with Crippen LogP contribution in [0, 0.1) is 5.41 Å². The molecule has 1 saturated heterocycles. The molecule has 3 unspecified atom stereocenters. The lowest BCUT2D eigenvalue weighted by Crippen LogP contribution is -2.67. The number of hydrogen-bond acceptors (Lipinski definition) is 2. The van der Waals surface area contributed by atoms with E-state index < -0.39 is 6.04 Å². The van der Waals surface area contributed by atoms with Crippen molar-refractivity contribution in [1.29, 1.82) is 0 Å². The molecule has 0 aromatic rings. The van der Waals surface area contributed by atoms with Crippen molar-refractivity contribution in [2.45, 2.75) is 72.5 Å². The van der Waals surface area contributed by atoms with E-state index >= 15 is 0 Å². The number of nitrogens with one attached hydrogen (secondary N) is 1. The lowest BCUT2D eigenvalue weighted by atomic mass is 9.83. The number of piperazine rings is 1. The Morgan fingerprint density at radius 3 is 2.33 bits per heavy atom. The van der Waals surface area contributed by atoms with E-state index in [4.69, 9.17) is 0 Å². The fraction of sp³-hybridized carbons (Fsp3) is 0.857. The molecule has 1 N–H and O–H groups in total. The summed E-state index contributed by atoms with van der Waals surface area (Å²) in [6, 6.07) is -0.661. The van der Waals surface area contributed by atoms with Gasteiger partial charge in [0.1, 0.15) is 12.1 Å². The second-order valence-electron chi connectivity index (χ2n) is 6.37. The molecule has 1 heterocycles. The van der Waals surface area contributed by atoms with Crippen LogP contribution in [0.3, 0.4) is 0 Å². The van der Waals surface area contributed by atoms with Crippen molar-refractivity contribution in [2.24, 2.45) is 5.41 Å². The highest BCUT2D eigenvalue weighted by Gasteiger charge is 2.44. The molecule has 1 rings (SSSR count). The molecule has 1 aliphatic heterocycles. The van der Waals surface area contributed by atoms with Crippen LogP contribution in [-0.4, -0.2) is 34.8 Å². The summed E-state index contributed by atoms with van der Waals surface area (Å²) < 4.78 is 0. The Labute approximate surface area is 110 Å². The first-order valence-electron chi connectivity index (χ1n) is 6.82. The molecule has 3 atom stereocenters. The molecule has 0 bridgehead atoms. The Kier molecular flexibility index (Phi) is 4.41. The topological polar surface area (TPSA) is 49.4 Å². The minimum Gasteiger partial charge on any atom is -0.342 e. The van der Waals surface area contributed by atoms with E-state index in [1.54, 1.807) is 11.8 Å². The van der Waals surface area contributed by atoms with Gasteiger partial charge in [-0.2, -0.15) is 0 Å². The van der Waals surface area contributed by atoms with Crippen molar-refractivity contribution in [2.75, 3.05) is 0 Å². The Morgan fingerprint density at radius 1 is 1.33 bits per heavy atom. The van der Waals surface area contributed by atoms with Gasteiger partial charge >= 0.3 is 0 Å². The lowest BCUT2D eigenvalue weighted by molar-refractivity contribution is -0.154. The average Bonchev–Trinajstić information content (AvgIpc) is 2.22. The highest BCUT2D eigenvalue weighted by Crippen LogP contribution is 2.27. The van der Waals surface area contributed by atoms with E-state index in [0.29, 0.717) is 0 Å². The van der Waals surface area contributed by atoms with Crippen molar-refractivity contribution in [3.63, 3.8) is 0 Å². The maximum Gasteiger partial charge on any atom is 0.246 e. The van der Waals surface area contributed by atoms with Crippen LogP contribution in [0.15, 0.2) is 0 Å². The van der Waals surface area contributed by atoms with E-state index in [1.165, 1.54) is 0 Å². The molecule has 18 heavy (non-hydrogen) atoms. The van der Waals surface area contributed by atoms with E-state index in [-0.39, 0.29) is 29.3 Å². The molecule has 1 aliphatic rings. The SMILES string of the molecule is CCCC(C)N1C(=O)C(C(C)(C)C)NC(=O)C1C. The summed E-state index contributed by atoms with van der Waals surface area (Å²) in [6.07, 6.45) is 1.94. The summed E-state index contributed by atoms with van der Waals surface area (Å²) in [4.78, 5) is 26.3. The Bertz CT molecular complexity index is 333. The van der Waals surface area contributed by atoms with Gasteiger partial charge in [0.05, 0.1) is 0 Å². The first kappa shape index (κ1) is 15.0. The molecule has 4 heteroatoms. The molecule has 0 aliphatic carbocycles. The summed E-state index contributed by atoms with van der Waals surface area (Å²) in [5.74, 6) is 0.00743. The quantitative estimate of drug-likeness (QED) is 0.836. The van der Waals surface area contributed by atoms with Gasteiger partial charge < -0.3 is 10.2 Å². The molecule has 104 valence electrons. The first-order chi connectivity index (χ1) is 8.20. The number of carbonyl (C=O) groups is 2. The number of hydrogen-bond donors (Lipinski definition) is 1. The van der Waals surface area contributed by atoms with E-state index in [2.05, 4.69) is 12.2 Å². The molecular formula is C14H26N2O2. The first-order valence-corrected chi connectivity index (χ1v) is 6.82. The second-order valence-corrected chi connectivity index (χ2v) is 6.37. The maximum atomic E-state index is 12.6. The normalized spacial score (nSPS) is 27.1. The highest BCUT2D eigenvalue weighted by atomic mass is 16.2. The lowest BCUT2D eigenvalue weighted by Gasteiger charge is -2.44. The van der Waals surface area contributed by atoms with Gasteiger partial charge in [-0.3, -0.25) is 9.59 Å². The third kappa shape index (κ3) is 2.85. The third-order valence-electron chi connectivity index (χ3n) is 3.63. The maximum absolute atomic E-state index is 12.6. The molecule has 0 radical (unpaired) electrons. The third-order valence-corrected chi connectivity index (χ3v) is 3.63. The van der Waals surface area contributed by atoms with Crippen molar-refractivity contribution >= 4 is 11.8 Å². The van der Waals surface area contributed by atoms with Gasteiger partial charge in [0.2, 0.25) is 11.8 Å². The predicted molar refractivity (Wildman–Crippen MR) is 72.1 cm³/mol. The zero-order valence-electron chi connectivity index (χ0n) is 12.4. The Morgan fingerprint density at radius 2 is 1.89 bits per heavy atom. The van der Waals surface area contributed by atoms with Gasteiger partial charge in [-0.15, -0.1) is 0 Å². The smallest absolute Gasteiger partial charge is 0.246 e. The summed E-state index contributed by atoms with van der Waals surface area (Å²) in [7, 11) is 0. The van der Waals surface area contributed by atoms with Gasteiger partial charge in [0, 0.05) is 6.04 Å². The van der Waals surface area contributed by atoms with Crippen molar-refractivity contribution < 1.29 is 9.59 Å². The van der Waals surface area contributed by atoms with Crippen LogP contribution >= 0.6 is 0 Å². The van der Waals surface area contributed by atoms with E-state index in [9.17, 15) is 9.59 Å². The molecule has 0 aromatic heterocycles. The Balaban J connectivity index is 2.99. The monoisotopic (exact) mass is 254 g/mol. The predicted octanol–water partition coefficient (Wildman–Crippen LogP) is 1.94. The van der Waals surface area contributed by atoms with Crippen LogP contribution in [0.2, 0.25) is 0 Å². The Hall–Kier alpha value is -1.06. The van der Waals surface area contributed by atoms with Gasteiger partial charge in [-0.1, -0.05) is 34.1 Å². The van der Waals surface area contributed by atoms with Crippen LogP contribution in [0.1, 0.15) is 54.4 Å². The summed E-state index contributed by atoms with van der Waals surface area (Å²) >= 11 is 0. The van der Waals surface area contributed by atoms with Crippen molar-refractivity contribution in [3.8, 4) is 0 Å². The van der Waals surface area contributed by atoms with Gasteiger partial charge in [-0.25, -0.2) is 0 Å². The van der Waals surface area contributed by atoms with Crippen LogP contribution in [0.5, 0.6) is 0 Å². The van der Waals surface area contributed by atoms with Crippen molar-refractivity contribution in [3.05, 3.63) is 0 Å². The standard InChI is InChI=1S/C14H26N2O2/c1-7-8-9(2)16-10(3)12(17)15-11(13(16)18)14(4,5)6/h9-11H,7-8H2,1-6H3,(H,15,17). The van der Waals surface area contributed by atoms with E-state index in [1.807, 2.05) is 27.7 Å². The fourth-order valence-electron chi connectivity index (χ4n) is 2.53. The summed E-state index contributed by atoms with van der Waals surface area (Å²) in [5.41, 5.74) is -0.253. The minimum absolute atomic E-state index is 0.0440. The minimum atomic E-state index is -0.416. The zero-order valence-corrected chi connectivity index (χ0v) is 12.4. The van der Waals surface area contributed by atoms with E-state index in [0.717, 1.165) is 12.8 Å². The van der Waals surface area contributed by atoms with Crippen LogP contribution in [0.4, 0.5) is 0 Å².